The lowest BCUT2D eigenvalue weighted by Crippen LogP contribution is -2.16. The minimum absolute atomic E-state index is 0.772. The van der Waals surface area contributed by atoms with Crippen LogP contribution in [0.5, 0.6) is 0 Å². The number of nitrogens with one attached hydrogen (secondary N) is 1. The molecular weight excluding hydrogens is 338 g/mol. The molecular formula is C14H20BrN3OS. The predicted molar refractivity (Wildman–Crippen MR) is 85.7 cm³/mol. The van der Waals surface area contributed by atoms with Crippen LogP contribution in [0.1, 0.15) is 30.4 Å². The van der Waals surface area contributed by atoms with Crippen molar-refractivity contribution in [2.75, 3.05) is 13.6 Å². The van der Waals surface area contributed by atoms with E-state index in [-0.39, 0.29) is 0 Å². The van der Waals surface area contributed by atoms with Crippen LogP contribution in [0.4, 0.5) is 0 Å². The number of rotatable bonds is 8. The van der Waals surface area contributed by atoms with Crippen LogP contribution in [-0.4, -0.2) is 23.6 Å². The lowest BCUT2D eigenvalue weighted by Gasteiger charge is -2.13. The molecule has 2 aromatic heterocycles. The van der Waals surface area contributed by atoms with Crippen molar-refractivity contribution >= 4 is 27.3 Å². The van der Waals surface area contributed by atoms with Gasteiger partial charge >= 0.3 is 0 Å². The number of hydrogen-bond donors (Lipinski definition) is 1. The first-order valence-electron chi connectivity index (χ1n) is 6.74. The fourth-order valence-corrected chi connectivity index (χ4v) is 3.17. The maximum atomic E-state index is 5.37. The first kappa shape index (κ1) is 15.7. The van der Waals surface area contributed by atoms with E-state index in [1.54, 1.807) is 11.3 Å². The van der Waals surface area contributed by atoms with Crippen LogP contribution in [0.3, 0.4) is 0 Å². The average Bonchev–Trinajstić information content (AvgIpc) is 2.99. The largest absolute Gasteiger partial charge is 0.360 e. The summed E-state index contributed by atoms with van der Waals surface area (Å²) in [6.07, 6.45) is 1.13. The lowest BCUT2D eigenvalue weighted by molar-refractivity contribution is 0.265. The van der Waals surface area contributed by atoms with Gasteiger partial charge in [-0.2, -0.15) is 0 Å². The van der Waals surface area contributed by atoms with Crippen LogP contribution in [0.2, 0.25) is 0 Å². The van der Waals surface area contributed by atoms with Crippen LogP contribution in [0.15, 0.2) is 25.8 Å². The molecule has 0 spiro atoms. The van der Waals surface area contributed by atoms with Gasteiger partial charge in [0.15, 0.2) is 5.76 Å². The first-order chi connectivity index (χ1) is 9.67. The molecule has 0 atom stereocenters. The summed E-state index contributed by atoms with van der Waals surface area (Å²) in [5, 5.41) is 9.57. The van der Waals surface area contributed by atoms with Crippen LogP contribution in [-0.2, 0) is 19.6 Å². The molecule has 20 heavy (non-hydrogen) atoms. The van der Waals surface area contributed by atoms with Crippen molar-refractivity contribution in [3.05, 3.63) is 38.3 Å². The van der Waals surface area contributed by atoms with Gasteiger partial charge in [-0.25, -0.2) is 0 Å². The maximum Gasteiger partial charge on any atom is 0.151 e. The molecule has 0 saturated heterocycles. The second-order valence-corrected chi connectivity index (χ2v) is 7.18. The number of aromatic nitrogens is 1. The summed E-state index contributed by atoms with van der Waals surface area (Å²) in [6.45, 7) is 5.62. The van der Waals surface area contributed by atoms with Crippen molar-refractivity contribution in [2.45, 2.75) is 33.0 Å². The zero-order valence-electron chi connectivity index (χ0n) is 11.9. The van der Waals surface area contributed by atoms with Gasteiger partial charge in [-0.1, -0.05) is 12.1 Å². The van der Waals surface area contributed by atoms with E-state index >= 15 is 0 Å². The van der Waals surface area contributed by atoms with E-state index in [1.807, 2.05) is 6.07 Å². The van der Waals surface area contributed by atoms with Gasteiger partial charge in [0.1, 0.15) is 0 Å². The molecule has 6 heteroatoms. The fraction of sp³-hybridized carbons (Fsp3) is 0.500. The van der Waals surface area contributed by atoms with Crippen molar-refractivity contribution < 1.29 is 4.52 Å². The molecule has 0 aromatic carbocycles. The molecule has 0 fully saturated rings. The van der Waals surface area contributed by atoms with Gasteiger partial charge in [0.25, 0.3) is 0 Å². The molecule has 4 nitrogen and oxygen atoms in total. The van der Waals surface area contributed by atoms with E-state index in [9.17, 15) is 0 Å². The summed E-state index contributed by atoms with van der Waals surface area (Å²) < 4.78 is 6.54. The summed E-state index contributed by atoms with van der Waals surface area (Å²) in [5.41, 5.74) is 2.29. The molecule has 0 unspecified atom stereocenters. The first-order valence-corrected chi connectivity index (χ1v) is 8.41. The number of nitrogens with zero attached hydrogens (tertiary/aromatic N) is 2. The Morgan fingerprint density at radius 2 is 2.25 bits per heavy atom. The molecule has 2 aromatic rings. The minimum Gasteiger partial charge on any atom is -0.360 e. The molecule has 0 radical (unpaired) electrons. The highest BCUT2D eigenvalue weighted by Crippen LogP contribution is 2.21. The van der Waals surface area contributed by atoms with Gasteiger partial charge < -0.3 is 9.84 Å². The predicted octanol–water partition coefficient (Wildman–Crippen LogP) is 3.63. The van der Waals surface area contributed by atoms with E-state index in [4.69, 9.17) is 4.52 Å². The minimum atomic E-state index is 0.772. The van der Waals surface area contributed by atoms with Crippen molar-refractivity contribution in [1.82, 2.24) is 15.4 Å². The van der Waals surface area contributed by atoms with Gasteiger partial charge in [0.05, 0.1) is 16.0 Å². The second kappa shape index (κ2) is 7.93. The Bertz CT molecular complexity index is 526. The number of hydrogen-bond acceptors (Lipinski definition) is 5. The van der Waals surface area contributed by atoms with Crippen molar-refractivity contribution in [2.24, 2.45) is 0 Å². The topological polar surface area (TPSA) is 41.3 Å². The highest BCUT2D eigenvalue weighted by molar-refractivity contribution is 9.11. The normalized spacial score (nSPS) is 11.4. The standard InChI is InChI=1S/C14H20BrN3OS/c1-3-4-16-7-12-6-13(19-17-12)9-18(2)8-11-5-14(15)20-10-11/h5-6,10,16H,3-4,7-9H2,1-2H3. The molecule has 1 N–H and O–H groups in total. The molecule has 2 rings (SSSR count). The Morgan fingerprint density at radius 1 is 1.40 bits per heavy atom. The summed E-state index contributed by atoms with van der Waals surface area (Å²) in [5.74, 6) is 0.912. The highest BCUT2D eigenvalue weighted by atomic mass is 79.9. The van der Waals surface area contributed by atoms with Gasteiger partial charge in [0, 0.05) is 19.2 Å². The zero-order chi connectivity index (χ0) is 14.4. The molecule has 0 amide bonds. The van der Waals surface area contributed by atoms with Gasteiger partial charge in [-0.15, -0.1) is 11.3 Å². The van der Waals surface area contributed by atoms with Crippen molar-refractivity contribution in [1.29, 1.82) is 0 Å². The van der Waals surface area contributed by atoms with Crippen molar-refractivity contribution in [3.63, 3.8) is 0 Å². The van der Waals surface area contributed by atoms with E-state index in [0.29, 0.717) is 0 Å². The van der Waals surface area contributed by atoms with Crippen LogP contribution in [0.25, 0.3) is 0 Å². The number of halogens is 1. The number of thiophene rings is 1. The summed E-state index contributed by atoms with van der Waals surface area (Å²) in [4.78, 5) is 2.22. The van der Waals surface area contributed by atoms with Gasteiger partial charge in [0.2, 0.25) is 0 Å². The molecule has 0 aliphatic heterocycles. The molecule has 0 saturated carbocycles. The summed E-state index contributed by atoms with van der Waals surface area (Å²) >= 11 is 5.20. The van der Waals surface area contributed by atoms with E-state index in [0.717, 1.165) is 44.1 Å². The molecule has 2 heterocycles. The third kappa shape index (κ3) is 5.01. The molecule has 110 valence electrons. The summed E-state index contributed by atoms with van der Waals surface area (Å²) in [7, 11) is 2.09. The smallest absolute Gasteiger partial charge is 0.151 e. The Morgan fingerprint density at radius 3 is 2.95 bits per heavy atom. The molecule has 0 aliphatic carbocycles. The molecule has 0 bridgehead atoms. The summed E-state index contributed by atoms with van der Waals surface area (Å²) in [6, 6.07) is 4.18. The lowest BCUT2D eigenvalue weighted by atomic mass is 10.3. The maximum absolute atomic E-state index is 5.37. The van der Waals surface area contributed by atoms with Crippen LogP contribution < -0.4 is 5.32 Å². The van der Waals surface area contributed by atoms with Crippen LogP contribution in [0, 0.1) is 0 Å². The van der Waals surface area contributed by atoms with Gasteiger partial charge in [-0.05, 0) is 53.0 Å². The van der Waals surface area contributed by atoms with E-state index in [2.05, 4.69) is 56.7 Å². The third-order valence-corrected chi connectivity index (χ3v) is 4.39. The SMILES string of the molecule is CCCNCc1cc(CN(C)Cc2csc(Br)c2)on1. The van der Waals surface area contributed by atoms with Crippen LogP contribution >= 0.6 is 27.3 Å². The fourth-order valence-electron chi connectivity index (χ4n) is 1.97. The Balaban J connectivity index is 1.80. The molecule has 0 aliphatic rings. The Kier molecular flexibility index (Phi) is 6.22. The highest BCUT2D eigenvalue weighted by Gasteiger charge is 2.08. The van der Waals surface area contributed by atoms with E-state index in [1.165, 1.54) is 9.35 Å². The third-order valence-electron chi connectivity index (χ3n) is 2.84. The Labute approximate surface area is 132 Å². The van der Waals surface area contributed by atoms with E-state index < -0.39 is 0 Å². The second-order valence-electron chi connectivity index (χ2n) is 4.89. The quantitative estimate of drug-likeness (QED) is 0.732. The van der Waals surface area contributed by atoms with Gasteiger partial charge in [-0.3, -0.25) is 4.90 Å². The zero-order valence-corrected chi connectivity index (χ0v) is 14.3. The Hall–Kier alpha value is -0.690. The monoisotopic (exact) mass is 357 g/mol. The average molecular weight is 358 g/mol. The van der Waals surface area contributed by atoms with Crippen molar-refractivity contribution in [3.8, 4) is 0 Å².